The maximum atomic E-state index is 11.0. The second-order valence-corrected chi connectivity index (χ2v) is 6.87. The van der Waals surface area contributed by atoms with Crippen molar-refractivity contribution in [3.63, 3.8) is 0 Å². The van der Waals surface area contributed by atoms with Gasteiger partial charge in [-0.25, -0.2) is 0 Å². The minimum Gasteiger partial charge on any atom is -0.493 e. The zero-order chi connectivity index (χ0) is 14.3. The summed E-state index contributed by atoms with van der Waals surface area (Å²) in [5.74, 6) is 0.143. The van der Waals surface area contributed by atoms with Gasteiger partial charge < -0.3 is 14.6 Å². The summed E-state index contributed by atoms with van der Waals surface area (Å²) in [6.07, 6.45) is 1.73. The maximum Gasteiger partial charge on any atom is 0.316 e. The molecule has 1 aromatic rings. The number of hydrogen-bond donors (Lipinski definition) is 3. The highest BCUT2D eigenvalue weighted by Gasteiger charge is 2.33. The summed E-state index contributed by atoms with van der Waals surface area (Å²) in [6.45, 7) is 2.69. The minimum atomic E-state index is -0.848. The maximum absolute atomic E-state index is 11.0. The lowest BCUT2D eigenvalue weighted by molar-refractivity contribution is -0.137. The van der Waals surface area contributed by atoms with E-state index in [9.17, 15) is 4.79 Å². The van der Waals surface area contributed by atoms with Crippen LogP contribution in [0.25, 0.3) is 0 Å². The van der Waals surface area contributed by atoms with Gasteiger partial charge in [0.05, 0.1) is 11.9 Å². The largest absolute Gasteiger partial charge is 0.493 e. The Bertz CT molecular complexity index is 549. The number of ether oxygens (including phenoxy) is 1. The van der Waals surface area contributed by atoms with Gasteiger partial charge in [0.2, 0.25) is 0 Å². The molecule has 0 saturated heterocycles. The molecule has 2 aliphatic heterocycles. The molecular weight excluding hydrogens is 294 g/mol. The Morgan fingerprint density at radius 1 is 1.65 bits per heavy atom. The zero-order valence-corrected chi connectivity index (χ0v) is 12.8. The van der Waals surface area contributed by atoms with Crippen molar-refractivity contribution in [1.82, 2.24) is 0 Å². The zero-order valence-electron chi connectivity index (χ0n) is 11.1. The van der Waals surface area contributed by atoms with E-state index in [0.717, 1.165) is 30.9 Å². The summed E-state index contributed by atoms with van der Waals surface area (Å²) in [7, 11) is 0. The van der Waals surface area contributed by atoms with Gasteiger partial charge >= 0.3 is 5.97 Å². The molecule has 0 aliphatic carbocycles. The summed E-state index contributed by atoms with van der Waals surface area (Å²) in [5.41, 5.74) is 3.72. The summed E-state index contributed by atoms with van der Waals surface area (Å²) in [6, 6.07) is 4.06. The average molecular weight is 311 g/mol. The average Bonchev–Trinajstić information content (AvgIpc) is 3.03. The number of fused-ring (bicyclic) bond motifs is 3. The van der Waals surface area contributed by atoms with Gasteiger partial charge in [-0.2, -0.15) is 12.6 Å². The molecule has 0 fully saturated rings. The minimum absolute atomic E-state index is 0.0132. The van der Waals surface area contributed by atoms with Crippen LogP contribution in [0.1, 0.15) is 29.7 Å². The van der Waals surface area contributed by atoms with Crippen molar-refractivity contribution in [2.24, 2.45) is 5.92 Å². The number of thiol groups is 1. The van der Waals surface area contributed by atoms with E-state index in [4.69, 9.17) is 9.84 Å². The van der Waals surface area contributed by atoms with Crippen LogP contribution >= 0.6 is 24.6 Å². The Balaban J connectivity index is 1.83. The molecule has 6 heteroatoms. The van der Waals surface area contributed by atoms with E-state index in [-0.39, 0.29) is 11.2 Å². The molecule has 20 heavy (non-hydrogen) atoms. The highest BCUT2D eigenvalue weighted by atomic mass is 32.2. The van der Waals surface area contributed by atoms with Crippen molar-refractivity contribution in [1.29, 1.82) is 0 Å². The predicted octanol–water partition coefficient (Wildman–Crippen LogP) is 3.15. The van der Waals surface area contributed by atoms with Gasteiger partial charge in [0.1, 0.15) is 11.0 Å². The third kappa shape index (κ3) is 2.35. The van der Waals surface area contributed by atoms with Crippen LogP contribution in [-0.2, 0) is 11.2 Å². The normalized spacial score (nSPS) is 22.4. The molecule has 108 valence electrons. The molecule has 4 nitrogen and oxygen atoms in total. The summed E-state index contributed by atoms with van der Waals surface area (Å²) < 4.78 is 8.96. The molecular formula is C14H17NO3S2. The first-order valence-electron chi connectivity index (χ1n) is 6.69. The van der Waals surface area contributed by atoms with Crippen molar-refractivity contribution in [3.05, 3.63) is 23.3 Å². The number of nitrogens with one attached hydrogen (secondary N) is 1. The van der Waals surface area contributed by atoms with Crippen molar-refractivity contribution in [2.45, 2.75) is 30.3 Å². The Morgan fingerprint density at radius 2 is 2.45 bits per heavy atom. The fraction of sp³-hybridized carbons (Fsp3) is 0.500. The number of aliphatic carboxylic acids is 1. The lowest BCUT2D eigenvalue weighted by Gasteiger charge is -2.19. The number of benzene rings is 1. The standard InChI is InChI=1S/C14H17NO3S2/c1-7(13(19)14(16)17)6-11-12-8-4-5-18-10(8)3-2-9(12)15-20-11/h2-3,7,11,13,15,19H,4-6H2,1H3,(H,16,17). The molecule has 0 radical (unpaired) electrons. The first-order chi connectivity index (χ1) is 9.58. The van der Waals surface area contributed by atoms with Gasteiger partial charge in [0.25, 0.3) is 0 Å². The number of carboxylic acid groups (broad SMARTS) is 1. The van der Waals surface area contributed by atoms with Gasteiger partial charge in [0.15, 0.2) is 0 Å². The second-order valence-electron chi connectivity index (χ2n) is 5.31. The van der Waals surface area contributed by atoms with Crippen LogP contribution < -0.4 is 9.46 Å². The van der Waals surface area contributed by atoms with Crippen LogP contribution in [0.4, 0.5) is 5.69 Å². The first kappa shape index (κ1) is 13.9. The fourth-order valence-electron chi connectivity index (χ4n) is 2.83. The molecule has 0 bridgehead atoms. The van der Waals surface area contributed by atoms with Crippen LogP contribution in [0.15, 0.2) is 12.1 Å². The number of carbonyl (C=O) groups is 1. The lowest BCUT2D eigenvalue weighted by atomic mass is 9.93. The van der Waals surface area contributed by atoms with Crippen LogP contribution in [0.2, 0.25) is 0 Å². The fourth-order valence-corrected chi connectivity index (χ4v) is 4.18. The van der Waals surface area contributed by atoms with Gasteiger partial charge in [-0.3, -0.25) is 4.79 Å². The van der Waals surface area contributed by atoms with Gasteiger partial charge in [-0.05, 0) is 42.0 Å². The summed E-state index contributed by atoms with van der Waals surface area (Å²) in [4.78, 5) is 11.0. The third-order valence-corrected chi connectivity index (χ3v) is 5.71. The Hall–Kier alpha value is -1.01. The third-order valence-electron chi connectivity index (χ3n) is 3.93. The number of rotatable bonds is 4. The number of hydrogen-bond acceptors (Lipinski definition) is 5. The van der Waals surface area contributed by atoms with E-state index >= 15 is 0 Å². The van der Waals surface area contributed by atoms with Crippen molar-refractivity contribution in [3.8, 4) is 5.75 Å². The Kier molecular flexibility index (Phi) is 3.77. The van der Waals surface area contributed by atoms with E-state index in [1.54, 1.807) is 11.9 Å². The first-order valence-corrected chi connectivity index (χ1v) is 8.08. The Labute approximate surface area is 127 Å². The molecule has 3 unspecified atom stereocenters. The molecule has 3 rings (SSSR count). The van der Waals surface area contributed by atoms with Crippen LogP contribution in [-0.4, -0.2) is 22.9 Å². The molecule has 2 aliphatic rings. The van der Waals surface area contributed by atoms with E-state index in [2.05, 4.69) is 17.4 Å². The SMILES string of the molecule is CC(CC1SNc2ccc3c(c21)CCO3)C(S)C(=O)O. The monoisotopic (exact) mass is 311 g/mol. The highest BCUT2D eigenvalue weighted by Crippen LogP contribution is 2.50. The van der Waals surface area contributed by atoms with E-state index in [1.165, 1.54) is 11.1 Å². The summed E-state index contributed by atoms with van der Waals surface area (Å²) in [5, 5.41) is 8.71. The molecule has 0 saturated carbocycles. The predicted molar refractivity (Wildman–Crippen MR) is 83.8 cm³/mol. The van der Waals surface area contributed by atoms with Crippen LogP contribution in [0, 0.1) is 5.92 Å². The molecule has 2 heterocycles. The molecule has 0 aromatic heterocycles. The smallest absolute Gasteiger partial charge is 0.316 e. The van der Waals surface area contributed by atoms with E-state index in [1.807, 2.05) is 19.1 Å². The molecule has 1 aromatic carbocycles. The van der Waals surface area contributed by atoms with Gasteiger partial charge in [-0.1, -0.05) is 6.92 Å². The Morgan fingerprint density at radius 3 is 3.20 bits per heavy atom. The second kappa shape index (κ2) is 5.41. The quantitative estimate of drug-likeness (QED) is 0.589. The highest BCUT2D eigenvalue weighted by molar-refractivity contribution is 8.01. The van der Waals surface area contributed by atoms with Crippen LogP contribution in [0.5, 0.6) is 5.75 Å². The summed E-state index contributed by atoms with van der Waals surface area (Å²) >= 11 is 5.85. The van der Waals surface area contributed by atoms with Crippen molar-refractivity contribution in [2.75, 3.05) is 11.3 Å². The molecule has 0 amide bonds. The number of anilines is 1. The van der Waals surface area contributed by atoms with Gasteiger partial charge in [-0.15, -0.1) is 0 Å². The van der Waals surface area contributed by atoms with Crippen molar-refractivity contribution >= 4 is 36.2 Å². The topological polar surface area (TPSA) is 58.6 Å². The van der Waals surface area contributed by atoms with Crippen LogP contribution in [0.3, 0.4) is 0 Å². The van der Waals surface area contributed by atoms with E-state index in [0.29, 0.717) is 0 Å². The molecule has 0 spiro atoms. The molecule has 2 N–H and O–H groups in total. The lowest BCUT2D eigenvalue weighted by Crippen LogP contribution is -2.23. The van der Waals surface area contributed by atoms with E-state index < -0.39 is 11.2 Å². The number of carboxylic acids is 1. The van der Waals surface area contributed by atoms with Crippen molar-refractivity contribution < 1.29 is 14.6 Å². The molecule has 3 atom stereocenters. The van der Waals surface area contributed by atoms with Gasteiger partial charge in [0, 0.05) is 17.7 Å².